The van der Waals surface area contributed by atoms with E-state index in [0.717, 1.165) is 34.2 Å². The van der Waals surface area contributed by atoms with Crippen molar-refractivity contribution in [2.75, 3.05) is 20.2 Å². The molecule has 1 saturated heterocycles. The van der Waals surface area contributed by atoms with E-state index in [1.54, 1.807) is 7.11 Å². The molecule has 1 fully saturated rings. The molecule has 1 aromatic carbocycles. The van der Waals surface area contributed by atoms with Crippen molar-refractivity contribution < 1.29 is 14.7 Å². The second-order valence-corrected chi connectivity index (χ2v) is 8.48. The molecule has 26 heavy (non-hydrogen) atoms. The molecule has 3 atom stereocenters. The Morgan fingerprint density at radius 2 is 2.08 bits per heavy atom. The topological polar surface area (TPSA) is 64.1 Å². The molecule has 2 aromatic heterocycles. The maximum atomic E-state index is 10.8. The summed E-state index contributed by atoms with van der Waals surface area (Å²) < 4.78 is 6.98. The van der Waals surface area contributed by atoms with E-state index in [4.69, 9.17) is 4.74 Å². The Bertz CT molecular complexity index is 896. The zero-order valence-corrected chi connectivity index (χ0v) is 16.2. The third-order valence-corrected chi connectivity index (χ3v) is 6.36. The van der Waals surface area contributed by atoms with Crippen molar-refractivity contribution in [2.24, 2.45) is 11.8 Å². The van der Waals surface area contributed by atoms with Gasteiger partial charge in [0, 0.05) is 17.4 Å². The Morgan fingerprint density at radius 3 is 2.77 bits per heavy atom. The molecule has 0 unspecified atom stereocenters. The average molecular weight is 374 g/mol. The standard InChI is InChI=1S/C19H24N4O2S/c1-12-7-13(2)10-22(9-12)16(14-5-4-6-15(8-14)25-3)17-18(24)23-19(26-17)20-11-21-23/h4-6,8,11-13,16,24H,7,9-10H2,1-3H3/p+1/t12-,13-,16+/m1/s1. The number of thiazole rings is 1. The Labute approximate surface area is 157 Å². The van der Waals surface area contributed by atoms with E-state index in [0.29, 0.717) is 11.8 Å². The number of benzene rings is 1. The van der Waals surface area contributed by atoms with Crippen molar-refractivity contribution in [2.45, 2.75) is 26.3 Å². The van der Waals surface area contributed by atoms with Crippen molar-refractivity contribution >= 4 is 16.3 Å². The van der Waals surface area contributed by atoms with Gasteiger partial charge in [0.15, 0.2) is 6.04 Å². The van der Waals surface area contributed by atoms with E-state index in [-0.39, 0.29) is 11.9 Å². The zero-order valence-electron chi connectivity index (χ0n) is 15.3. The molecule has 1 aliphatic heterocycles. The summed E-state index contributed by atoms with van der Waals surface area (Å²) in [5.41, 5.74) is 1.15. The van der Waals surface area contributed by atoms with Crippen molar-refractivity contribution in [1.29, 1.82) is 0 Å². The molecule has 0 aliphatic carbocycles. The van der Waals surface area contributed by atoms with Crippen LogP contribution in [0.4, 0.5) is 0 Å². The van der Waals surface area contributed by atoms with Crippen molar-refractivity contribution in [3.8, 4) is 11.6 Å². The molecular formula is C19H25N4O2S+. The lowest BCUT2D eigenvalue weighted by Gasteiger charge is -2.37. The SMILES string of the molecule is COc1cccc([C@@H](c2sc3ncnn3c2O)[NH+]2C[C@H](C)C[C@@H](C)C2)c1. The maximum absolute atomic E-state index is 10.8. The summed E-state index contributed by atoms with van der Waals surface area (Å²) in [6.45, 7) is 6.81. The number of fused-ring (bicyclic) bond motifs is 1. The van der Waals surface area contributed by atoms with E-state index in [9.17, 15) is 5.11 Å². The Hall–Kier alpha value is -2.12. The van der Waals surface area contributed by atoms with E-state index < -0.39 is 0 Å². The van der Waals surface area contributed by atoms with Gasteiger partial charge in [0.05, 0.1) is 20.2 Å². The predicted octanol–water partition coefficient (Wildman–Crippen LogP) is 2.16. The normalized spacial score (nSPS) is 24.7. The van der Waals surface area contributed by atoms with E-state index in [2.05, 4.69) is 36.1 Å². The fraction of sp³-hybridized carbons (Fsp3) is 0.474. The molecule has 0 amide bonds. The number of nitrogens with zero attached hydrogens (tertiary/aromatic N) is 3. The average Bonchev–Trinajstić information content (AvgIpc) is 3.19. The Balaban J connectivity index is 1.83. The van der Waals surface area contributed by atoms with Gasteiger partial charge in [0.1, 0.15) is 17.0 Å². The lowest BCUT2D eigenvalue weighted by Crippen LogP contribution is -3.14. The fourth-order valence-corrected chi connectivity index (χ4v) is 5.46. The van der Waals surface area contributed by atoms with Crippen LogP contribution in [0.25, 0.3) is 4.96 Å². The van der Waals surface area contributed by atoms with Gasteiger partial charge in [0.25, 0.3) is 0 Å². The summed E-state index contributed by atoms with van der Waals surface area (Å²) in [4.78, 5) is 7.38. The maximum Gasteiger partial charge on any atom is 0.235 e. The summed E-state index contributed by atoms with van der Waals surface area (Å²) in [7, 11) is 1.69. The number of aromatic nitrogens is 3. The van der Waals surface area contributed by atoms with Crippen molar-refractivity contribution in [3.63, 3.8) is 0 Å². The van der Waals surface area contributed by atoms with E-state index in [1.807, 2.05) is 12.1 Å². The number of hydrogen-bond donors (Lipinski definition) is 2. The molecule has 0 spiro atoms. The number of ether oxygens (including phenoxy) is 1. The molecule has 0 radical (unpaired) electrons. The molecule has 0 bridgehead atoms. The number of rotatable bonds is 4. The van der Waals surface area contributed by atoms with Crippen LogP contribution in [0.5, 0.6) is 11.6 Å². The molecular weight excluding hydrogens is 348 g/mol. The molecule has 7 heteroatoms. The van der Waals surface area contributed by atoms with Gasteiger partial charge >= 0.3 is 0 Å². The summed E-state index contributed by atoms with van der Waals surface area (Å²) in [5.74, 6) is 2.36. The van der Waals surface area contributed by atoms with Crippen LogP contribution in [0.2, 0.25) is 0 Å². The lowest BCUT2D eigenvalue weighted by atomic mass is 9.89. The number of aromatic hydroxyl groups is 1. The van der Waals surface area contributed by atoms with Crippen LogP contribution in [-0.2, 0) is 0 Å². The quantitative estimate of drug-likeness (QED) is 0.736. The molecule has 3 heterocycles. The monoisotopic (exact) mass is 373 g/mol. The highest BCUT2D eigenvalue weighted by molar-refractivity contribution is 7.17. The van der Waals surface area contributed by atoms with E-state index >= 15 is 0 Å². The highest BCUT2D eigenvalue weighted by Gasteiger charge is 2.37. The van der Waals surface area contributed by atoms with Gasteiger partial charge in [-0.2, -0.15) is 9.61 Å². The van der Waals surface area contributed by atoms with Gasteiger partial charge in [-0.1, -0.05) is 37.3 Å². The highest BCUT2D eigenvalue weighted by Crippen LogP contribution is 2.36. The van der Waals surface area contributed by atoms with Gasteiger partial charge in [0.2, 0.25) is 10.8 Å². The van der Waals surface area contributed by atoms with Gasteiger partial charge in [-0.05, 0) is 18.6 Å². The molecule has 0 saturated carbocycles. The Kier molecular flexibility index (Phi) is 4.58. The number of piperidine rings is 1. The summed E-state index contributed by atoms with van der Waals surface area (Å²) in [5, 5.41) is 15.0. The lowest BCUT2D eigenvalue weighted by molar-refractivity contribution is -0.936. The summed E-state index contributed by atoms with van der Waals surface area (Å²) in [6.07, 6.45) is 2.74. The number of quaternary nitrogens is 1. The van der Waals surface area contributed by atoms with Crippen LogP contribution in [0.3, 0.4) is 0 Å². The number of nitrogens with one attached hydrogen (secondary N) is 1. The smallest absolute Gasteiger partial charge is 0.235 e. The zero-order chi connectivity index (χ0) is 18.3. The van der Waals surface area contributed by atoms with Gasteiger partial charge in [-0.3, -0.25) is 0 Å². The minimum absolute atomic E-state index is 0.0452. The number of hydrogen-bond acceptors (Lipinski definition) is 5. The second-order valence-electron chi connectivity index (χ2n) is 7.47. The third kappa shape index (κ3) is 3.05. The molecule has 2 N–H and O–H groups in total. The minimum Gasteiger partial charge on any atom is -0.497 e. The van der Waals surface area contributed by atoms with Crippen LogP contribution in [0, 0.1) is 11.8 Å². The molecule has 1 aliphatic rings. The first-order valence-electron chi connectivity index (χ1n) is 9.06. The first kappa shape index (κ1) is 17.3. The molecule has 138 valence electrons. The van der Waals surface area contributed by atoms with Crippen molar-refractivity contribution in [1.82, 2.24) is 14.6 Å². The largest absolute Gasteiger partial charge is 0.497 e. The molecule has 6 nitrogen and oxygen atoms in total. The van der Waals surface area contributed by atoms with Crippen molar-refractivity contribution in [3.05, 3.63) is 41.0 Å². The Morgan fingerprint density at radius 1 is 1.31 bits per heavy atom. The van der Waals surface area contributed by atoms with E-state index in [1.165, 1.54) is 33.5 Å². The van der Waals surface area contributed by atoms with Gasteiger partial charge < -0.3 is 14.7 Å². The van der Waals surface area contributed by atoms with Crippen LogP contribution in [-0.4, -0.2) is 39.9 Å². The van der Waals surface area contributed by atoms with Crippen LogP contribution in [0.15, 0.2) is 30.6 Å². The van der Waals surface area contributed by atoms with Gasteiger partial charge in [-0.25, -0.2) is 4.98 Å². The third-order valence-electron chi connectivity index (χ3n) is 5.26. The predicted molar refractivity (Wildman–Crippen MR) is 101 cm³/mol. The summed E-state index contributed by atoms with van der Waals surface area (Å²) >= 11 is 1.52. The molecule has 3 aromatic rings. The number of likely N-dealkylation sites (tertiary alicyclic amines) is 1. The highest BCUT2D eigenvalue weighted by atomic mass is 32.1. The molecule has 4 rings (SSSR count). The van der Waals surface area contributed by atoms with Gasteiger partial charge in [-0.15, -0.1) is 0 Å². The second kappa shape index (κ2) is 6.89. The fourth-order valence-electron chi connectivity index (χ4n) is 4.34. The first-order chi connectivity index (χ1) is 12.6. The van der Waals surface area contributed by atoms with Crippen LogP contribution < -0.4 is 9.64 Å². The first-order valence-corrected chi connectivity index (χ1v) is 9.88. The summed E-state index contributed by atoms with van der Waals surface area (Å²) in [6, 6.07) is 8.23. The minimum atomic E-state index is 0.0452. The van der Waals surface area contributed by atoms with Crippen LogP contribution in [0.1, 0.15) is 36.8 Å². The van der Waals surface area contributed by atoms with Crippen LogP contribution >= 0.6 is 11.3 Å². The number of methoxy groups -OCH3 is 1.